The van der Waals surface area contributed by atoms with Gasteiger partial charge in [0.25, 0.3) is 0 Å². The molecule has 18 heavy (non-hydrogen) atoms. The first kappa shape index (κ1) is 12.5. The van der Waals surface area contributed by atoms with E-state index in [2.05, 4.69) is 25.4 Å². The van der Waals surface area contributed by atoms with Gasteiger partial charge in [-0.1, -0.05) is 32.2 Å². The molecular formula is C16H20N2. The quantitative estimate of drug-likeness (QED) is 0.763. The van der Waals surface area contributed by atoms with Gasteiger partial charge in [-0.25, -0.2) is 0 Å². The van der Waals surface area contributed by atoms with Crippen LogP contribution in [0.25, 0.3) is 0 Å². The highest BCUT2D eigenvalue weighted by Crippen LogP contribution is 2.35. The lowest BCUT2D eigenvalue weighted by Crippen LogP contribution is -2.10. The van der Waals surface area contributed by atoms with Crippen molar-refractivity contribution in [2.24, 2.45) is 5.92 Å². The number of hydrogen-bond donors (Lipinski definition) is 2. The predicted molar refractivity (Wildman–Crippen MR) is 79.2 cm³/mol. The minimum atomic E-state index is 0.643. The maximum absolute atomic E-state index is 5.89. The second-order valence-electron chi connectivity index (χ2n) is 5.01. The summed E-state index contributed by atoms with van der Waals surface area (Å²) in [6, 6.07) is 7.73. The van der Waals surface area contributed by atoms with E-state index in [1.54, 1.807) is 0 Å². The second-order valence-corrected chi connectivity index (χ2v) is 5.01. The fraction of sp³-hybridized carbons (Fsp3) is 0.250. The maximum atomic E-state index is 5.89. The highest BCUT2D eigenvalue weighted by atomic mass is 14.9. The van der Waals surface area contributed by atoms with E-state index in [0.29, 0.717) is 5.92 Å². The van der Waals surface area contributed by atoms with E-state index >= 15 is 0 Å². The zero-order valence-corrected chi connectivity index (χ0v) is 10.9. The highest BCUT2D eigenvalue weighted by molar-refractivity contribution is 5.67. The molecule has 0 heterocycles. The normalized spacial score (nSPS) is 19.8. The summed E-state index contributed by atoms with van der Waals surface area (Å²) < 4.78 is 0. The molecule has 1 saturated carbocycles. The van der Waals surface area contributed by atoms with Crippen LogP contribution in [0.1, 0.15) is 19.8 Å². The zero-order valence-electron chi connectivity index (χ0n) is 10.9. The molecule has 3 N–H and O–H groups in total. The summed E-state index contributed by atoms with van der Waals surface area (Å²) in [4.78, 5) is 0. The van der Waals surface area contributed by atoms with Gasteiger partial charge >= 0.3 is 0 Å². The molecule has 0 spiro atoms. The Bertz CT molecular complexity index is 492. The standard InChI is InChI=1S/C16H20N2/c1-11-8-12(2)14(13(3)9-11)10-18-16-7-5-4-6-15(16)17/h4-7,10-11,18H,2-3,8-9,17H2,1H3. The van der Waals surface area contributed by atoms with Crippen molar-refractivity contribution in [3.8, 4) is 0 Å². The Hall–Kier alpha value is -1.96. The summed E-state index contributed by atoms with van der Waals surface area (Å²) >= 11 is 0. The minimum Gasteiger partial charge on any atom is -0.397 e. The molecule has 0 saturated heterocycles. The molecule has 1 aromatic rings. The molecule has 0 aliphatic heterocycles. The van der Waals surface area contributed by atoms with E-state index < -0.39 is 0 Å². The molecule has 1 aliphatic rings. The summed E-state index contributed by atoms with van der Waals surface area (Å²) in [7, 11) is 0. The fourth-order valence-electron chi connectivity index (χ4n) is 2.37. The van der Waals surface area contributed by atoms with Crippen LogP contribution in [-0.2, 0) is 0 Å². The topological polar surface area (TPSA) is 38.0 Å². The van der Waals surface area contributed by atoms with Gasteiger partial charge in [-0.2, -0.15) is 0 Å². The summed E-state index contributed by atoms with van der Waals surface area (Å²) in [6.45, 7) is 10.5. The lowest BCUT2D eigenvalue weighted by molar-refractivity contribution is 0.555. The van der Waals surface area contributed by atoms with Crippen molar-refractivity contribution in [3.05, 3.63) is 60.3 Å². The van der Waals surface area contributed by atoms with E-state index in [9.17, 15) is 0 Å². The van der Waals surface area contributed by atoms with Gasteiger partial charge in [0, 0.05) is 6.20 Å². The number of hydrogen-bond acceptors (Lipinski definition) is 2. The third-order valence-corrected chi connectivity index (χ3v) is 3.28. The molecule has 1 aliphatic carbocycles. The average Bonchev–Trinajstić information content (AvgIpc) is 2.30. The van der Waals surface area contributed by atoms with E-state index in [0.717, 1.165) is 40.9 Å². The fourth-order valence-corrected chi connectivity index (χ4v) is 2.37. The first-order valence-electron chi connectivity index (χ1n) is 6.25. The van der Waals surface area contributed by atoms with Gasteiger partial charge in [0.05, 0.1) is 11.4 Å². The van der Waals surface area contributed by atoms with Crippen molar-refractivity contribution < 1.29 is 0 Å². The number of anilines is 2. The third-order valence-electron chi connectivity index (χ3n) is 3.28. The molecule has 1 fully saturated rings. The Balaban J connectivity index is 2.16. The van der Waals surface area contributed by atoms with Gasteiger partial charge in [0.2, 0.25) is 0 Å². The van der Waals surface area contributed by atoms with Crippen LogP contribution < -0.4 is 11.1 Å². The van der Waals surface area contributed by atoms with Crippen molar-refractivity contribution in [2.45, 2.75) is 19.8 Å². The lowest BCUT2D eigenvalue weighted by atomic mass is 9.81. The predicted octanol–water partition coefficient (Wildman–Crippen LogP) is 4.11. The Morgan fingerprint density at radius 1 is 1.22 bits per heavy atom. The molecule has 0 atom stereocenters. The second kappa shape index (κ2) is 5.13. The summed E-state index contributed by atoms with van der Waals surface area (Å²) in [5, 5.41) is 3.25. The number of rotatable bonds is 2. The molecule has 0 unspecified atom stereocenters. The maximum Gasteiger partial charge on any atom is 0.0613 e. The SMILES string of the molecule is C=C1CC(C)CC(=C)C1=CNc1ccccc1N. The van der Waals surface area contributed by atoms with E-state index in [4.69, 9.17) is 5.73 Å². The summed E-state index contributed by atoms with van der Waals surface area (Å²) in [5.41, 5.74) is 11.0. The number of para-hydroxylation sites is 2. The van der Waals surface area contributed by atoms with Crippen LogP contribution in [0.3, 0.4) is 0 Å². The van der Waals surface area contributed by atoms with Crippen molar-refractivity contribution in [2.75, 3.05) is 11.1 Å². The van der Waals surface area contributed by atoms with Crippen LogP contribution in [0, 0.1) is 5.92 Å². The minimum absolute atomic E-state index is 0.643. The molecule has 2 heteroatoms. The Labute approximate surface area is 109 Å². The smallest absolute Gasteiger partial charge is 0.0613 e. The highest BCUT2D eigenvalue weighted by Gasteiger charge is 2.19. The van der Waals surface area contributed by atoms with Crippen LogP contribution in [0.5, 0.6) is 0 Å². The summed E-state index contributed by atoms with van der Waals surface area (Å²) in [6.07, 6.45) is 4.05. The third kappa shape index (κ3) is 2.65. The van der Waals surface area contributed by atoms with Gasteiger partial charge in [-0.05, 0) is 47.6 Å². The molecule has 2 nitrogen and oxygen atoms in total. The number of benzene rings is 1. The lowest BCUT2D eigenvalue weighted by Gasteiger charge is -2.25. The average molecular weight is 240 g/mol. The first-order valence-corrected chi connectivity index (χ1v) is 6.25. The molecule has 2 rings (SSSR count). The van der Waals surface area contributed by atoms with E-state index in [1.165, 1.54) is 0 Å². The van der Waals surface area contributed by atoms with Crippen LogP contribution in [-0.4, -0.2) is 0 Å². The Kier molecular flexibility index (Phi) is 3.56. The Morgan fingerprint density at radius 2 is 1.83 bits per heavy atom. The van der Waals surface area contributed by atoms with Gasteiger partial charge in [0.1, 0.15) is 0 Å². The van der Waals surface area contributed by atoms with Gasteiger partial charge in [-0.15, -0.1) is 0 Å². The number of nitrogens with one attached hydrogen (secondary N) is 1. The van der Waals surface area contributed by atoms with E-state index in [-0.39, 0.29) is 0 Å². The van der Waals surface area contributed by atoms with Crippen molar-refractivity contribution in [1.82, 2.24) is 0 Å². The summed E-state index contributed by atoms with van der Waals surface area (Å²) in [5.74, 6) is 0.643. The van der Waals surface area contributed by atoms with Crippen LogP contribution in [0.2, 0.25) is 0 Å². The molecule has 0 radical (unpaired) electrons. The van der Waals surface area contributed by atoms with Crippen molar-refractivity contribution in [1.29, 1.82) is 0 Å². The molecule has 1 aromatic carbocycles. The number of nitrogens with two attached hydrogens (primary N) is 1. The van der Waals surface area contributed by atoms with E-state index in [1.807, 2.05) is 30.5 Å². The molecule has 0 aromatic heterocycles. The molecule has 0 bridgehead atoms. The monoisotopic (exact) mass is 240 g/mol. The van der Waals surface area contributed by atoms with Crippen molar-refractivity contribution >= 4 is 11.4 Å². The zero-order chi connectivity index (χ0) is 13.1. The van der Waals surface area contributed by atoms with Gasteiger partial charge in [0.15, 0.2) is 0 Å². The number of nitrogen functional groups attached to an aromatic ring is 1. The van der Waals surface area contributed by atoms with Crippen LogP contribution in [0.15, 0.2) is 60.3 Å². The van der Waals surface area contributed by atoms with Gasteiger partial charge in [-0.3, -0.25) is 0 Å². The Morgan fingerprint density at radius 3 is 2.44 bits per heavy atom. The molecule has 0 amide bonds. The molecule has 94 valence electrons. The van der Waals surface area contributed by atoms with Crippen LogP contribution in [0.4, 0.5) is 11.4 Å². The first-order chi connectivity index (χ1) is 8.58. The largest absolute Gasteiger partial charge is 0.397 e. The number of allylic oxidation sites excluding steroid dienone is 3. The van der Waals surface area contributed by atoms with Gasteiger partial charge < -0.3 is 11.1 Å². The van der Waals surface area contributed by atoms with Crippen LogP contribution >= 0.6 is 0 Å². The molecular weight excluding hydrogens is 220 g/mol. The van der Waals surface area contributed by atoms with Crippen molar-refractivity contribution in [3.63, 3.8) is 0 Å².